The summed E-state index contributed by atoms with van der Waals surface area (Å²) < 4.78 is 7.53. The van der Waals surface area contributed by atoms with Crippen LogP contribution in [0, 0.1) is 0 Å². The molecule has 0 bridgehead atoms. The van der Waals surface area contributed by atoms with Gasteiger partial charge < -0.3 is 9.30 Å². The molecule has 1 heterocycles. The van der Waals surface area contributed by atoms with Crippen LogP contribution in [0.4, 0.5) is 0 Å². The largest absolute Gasteiger partial charge is 0.379 e. The minimum atomic E-state index is 0.355. The first-order valence-corrected chi connectivity index (χ1v) is 4.86. The molecule has 0 aliphatic rings. The monoisotopic (exact) mass is 182 g/mol. The third kappa shape index (κ3) is 4.68. The average molecular weight is 182 g/mol. The number of hydrogen-bond acceptors (Lipinski definition) is 2. The van der Waals surface area contributed by atoms with Crippen molar-refractivity contribution in [2.24, 2.45) is 0 Å². The third-order valence-electron chi connectivity index (χ3n) is 1.82. The van der Waals surface area contributed by atoms with Gasteiger partial charge in [0.1, 0.15) is 0 Å². The molecule has 1 rings (SSSR count). The maximum absolute atomic E-state index is 5.44. The van der Waals surface area contributed by atoms with Crippen LogP contribution >= 0.6 is 0 Å². The lowest BCUT2D eigenvalue weighted by molar-refractivity contribution is 0.0754. The second kappa shape index (κ2) is 5.75. The zero-order valence-electron chi connectivity index (χ0n) is 8.44. The molecular formula is C10H18N2O. The maximum Gasteiger partial charge on any atom is 0.0945 e. The highest BCUT2D eigenvalue weighted by Crippen LogP contribution is 1.97. The van der Waals surface area contributed by atoms with E-state index in [9.17, 15) is 0 Å². The molecule has 0 fully saturated rings. The summed E-state index contributed by atoms with van der Waals surface area (Å²) in [4.78, 5) is 3.98. The van der Waals surface area contributed by atoms with Crippen molar-refractivity contribution in [1.82, 2.24) is 9.55 Å². The number of unbranched alkanes of at least 4 members (excludes halogenated alkanes) is 1. The lowest BCUT2D eigenvalue weighted by atomic mass is 10.3. The highest BCUT2D eigenvalue weighted by atomic mass is 16.5. The Kier molecular flexibility index (Phi) is 4.54. The molecule has 74 valence electrons. The first kappa shape index (κ1) is 10.3. The van der Waals surface area contributed by atoms with Gasteiger partial charge in [-0.05, 0) is 26.7 Å². The van der Waals surface area contributed by atoms with E-state index in [1.807, 2.05) is 18.7 Å². The van der Waals surface area contributed by atoms with Gasteiger partial charge in [0.25, 0.3) is 0 Å². The van der Waals surface area contributed by atoms with Crippen LogP contribution in [0.3, 0.4) is 0 Å². The first-order chi connectivity index (χ1) is 6.29. The highest BCUT2D eigenvalue weighted by Gasteiger charge is 1.93. The summed E-state index contributed by atoms with van der Waals surface area (Å²) in [5.41, 5.74) is 0. The summed E-state index contributed by atoms with van der Waals surface area (Å²) in [5, 5.41) is 0. The Labute approximate surface area is 79.7 Å². The summed E-state index contributed by atoms with van der Waals surface area (Å²) in [7, 11) is 0. The predicted octanol–water partition coefficient (Wildman–Crippen LogP) is 2.09. The number of ether oxygens (including phenoxy) is 1. The highest BCUT2D eigenvalue weighted by molar-refractivity contribution is 4.73. The zero-order chi connectivity index (χ0) is 9.52. The van der Waals surface area contributed by atoms with E-state index in [4.69, 9.17) is 4.74 Å². The molecule has 0 aliphatic heterocycles. The average Bonchev–Trinajstić information content (AvgIpc) is 2.55. The number of nitrogens with zero attached hydrogens (tertiary/aromatic N) is 2. The lowest BCUT2D eigenvalue weighted by Gasteiger charge is -2.06. The Hall–Kier alpha value is -0.830. The van der Waals surface area contributed by atoms with Gasteiger partial charge in [-0.15, -0.1) is 0 Å². The Morgan fingerprint density at radius 2 is 2.23 bits per heavy atom. The van der Waals surface area contributed by atoms with Gasteiger partial charge in [-0.3, -0.25) is 0 Å². The van der Waals surface area contributed by atoms with Crippen molar-refractivity contribution in [3.8, 4) is 0 Å². The van der Waals surface area contributed by atoms with Gasteiger partial charge in [-0.2, -0.15) is 0 Å². The number of rotatable bonds is 6. The summed E-state index contributed by atoms with van der Waals surface area (Å²) in [6.07, 6.45) is 8.28. The minimum absolute atomic E-state index is 0.355. The zero-order valence-corrected chi connectivity index (χ0v) is 8.44. The van der Waals surface area contributed by atoms with Crippen molar-refractivity contribution in [1.29, 1.82) is 0 Å². The second-order valence-corrected chi connectivity index (χ2v) is 3.43. The van der Waals surface area contributed by atoms with Crippen molar-refractivity contribution in [3.63, 3.8) is 0 Å². The standard InChI is InChI=1S/C10H18N2O/c1-10(2)13-8-4-3-6-12-7-5-11-9-12/h5,7,9-10H,3-4,6,8H2,1-2H3. The Morgan fingerprint density at radius 3 is 2.85 bits per heavy atom. The number of imidazole rings is 1. The normalized spacial score (nSPS) is 11.0. The van der Waals surface area contributed by atoms with Crippen molar-refractivity contribution in [2.75, 3.05) is 6.61 Å². The second-order valence-electron chi connectivity index (χ2n) is 3.43. The van der Waals surface area contributed by atoms with E-state index in [2.05, 4.69) is 23.4 Å². The van der Waals surface area contributed by atoms with E-state index in [1.54, 1.807) is 0 Å². The van der Waals surface area contributed by atoms with Crippen LogP contribution < -0.4 is 0 Å². The Morgan fingerprint density at radius 1 is 1.38 bits per heavy atom. The van der Waals surface area contributed by atoms with Crippen molar-refractivity contribution in [2.45, 2.75) is 39.3 Å². The van der Waals surface area contributed by atoms with Gasteiger partial charge in [-0.1, -0.05) is 0 Å². The topological polar surface area (TPSA) is 27.1 Å². The van der Waals surface area contributed by atoms with Gasteiger partial charge in [0.05, 0.1) is 12.4 Å². The molecule has 0 radical (unpaired) electrons. The Balaban J connectivity index is 1.96. The van der Waals surface area contributed by atoms with Crippen LogP contribution in [0.25, 0.3) is 0 Å². The van der Waals surface area contributed by atoms with E-state index in [-0.39, 0.29) is 0 Å². The minimum Gasteiger partial charge on any atom is -0.379 e. The molecule has 0 aromatic carbocycles. The SMILES string of the molecule is CC(C)OCCCCn1ccnc1. The summed E-state index contributed by atoms with van der Waals surface area (Å²) in [6, 6.07) is 0. The molecule has 3 nitrogen and oxygen atoms in total. The molecule has 0 spiro atoms. The van der Waals surface area contributed by atoms with Crippen LogP contribution in [-0.4, -0.2) is 22.3 Å². The van der Waals surface area contributed by atoms with E-state index in [0.29, 0.717) is 6.10 Å². The van der Waals surface area contributed by atoms with Crippen molar-refractivity contribution < 1.29 is 4.74 Å². The third-order valence-corrected chi connectivity index (χ3v) is 1.82. The summed E-state index contributed by atoms with van der Waals surface area (Å²) >= 11 is 0. The van der Waals surface area contributed by atoms with Crippen molar-refractivity contribution >= 4 is 0 Å². The van der Waals surface area contributed by atoms with Gasteiger partial charge in [-0.25, -0.2) is 4.98 Å². The lowest BCUT2D eigenvalue weighted by Crippen LogP contribution is -2.04. The van der Waals surface area contributed by atoms with E-state index >= 15 is 0 Å². The van der Waals surface area contributed by atoms with E-state index < -0.39 is 0 Å². The van der Waals surface area contributed by atoms with Crippen LogP contribution in [0.15, 0.2) is 18.7 Å². The van der Waals surface area contributed by atoms with E-state index in [0.717, 1.165) is 26.0 Å². The number of hydrogen-bond donors (Lipinski definition) is 0. The van der Waals surface area contributed by atoms with Gasteiger partial charge in [0.15, 0.2) is 0 Å². The van der Waals surface area contributed by atoms with Gasteiger partial charge >= 0.3 is 0 Å². The molecule has 13 heavy (non-hydrogen) atoms. The predicted molar refractivity (Wildman–Crippen MR) is 52.5 cm³/mol. The molecule has 1 aromatic rings. The Bertz CT molecular complexity index is 207. The molecule has 0 aliphatic carbocycles. The molecule has 0 atom stereocenters. The van der Waals surface area contributed by atoms with Crippen LogP contribution in [-0.2, 0) is 11.3 Å². The molecule has 0 unspecified atom stereocenters. The quantitative estimate of drug-likeness (QED) is 0.630. The van der Waals surface area contributed by atoms with Gasteiger partial charge in [0.2, 0.25) is 0 Å². The number of aryl methyl sites for hydroxylation is 1. The molecule has 3 heteroatoms. The molecule has 0 N–H and O–H groups in total. The summed E-state index contributed by atoms with van der Waals surface area (Å²) in [5.74, 6) is 0. The molecule has 1 aromatic heterocycles. The number of aromatic nitrogens is 2. The molecular weight excluding hydrogens is 164 g/mol. The fourth-order valence-electron chi connectivity index (χ4n) is 1.13. The summed E-state index contributed by atoms with van der Waals surface area (Å²) in [6.45, 7) is 6.04. The van der Waals surface area contributed by atoms with Crippen LogP contribution in [0.5, 0.6) is 0 Å². The van der Waals surface area contributed by atoms with Crippen LogP contribution in [0.1, 0.15) is 26.7 Å². The fourth-order valence-corrected chi connectivity index (χ4v) is 1.13. The van der Waals surface area contributed by atoms with Crippen LogP contribution in [0.2, 0.25) is 0 Å². The van der Waals surface area contributed by atoms with E-state index in [1.165, 1.54) is 0 Å². The molecule has 0 saturated carbocycles. The van der Waals surface area contributed by atoms with Gasteiger partial charge in [0, 0.05) is 25.5 Å². The maximum atomic E-state index is 5.44. The fraction of sp³-hybridized carbons (Fsp3) is 0.700. The first-order valence-electron chi connectivity index (χ1n) is 4.86. The molecule has 0 amide bonds. The molecule has 0 saturated heterocycles. The smallest absolute Gasteiger partial charge is 0.0945 e. The van der Waals surface area contributed by atoms with Crippen molar-refractivity contribution in [3.05, 3.63) is 18.7 Å².